The molecule has 4 nitrogen and oxygen atoms in total. The van der Waals surface area contributed by atoms with Crippen LogP contribution in [0.25, 0.3) is 0 Å². The third-order valence-corrected chi connectivity index (χ3v) is 6.39. The van der Waals surface area contributed by atoms with Gasteiger partial charge in [-0.1, -0.05) is 0 Å². The van der Waals surface area contributed by atoms with Crippen LogP contribution in [0.2, 0.25) is 0 Å². The lowest BCUT2D eigenvalue weighted by molar-refractivity contribution is -0.141. The predicted molar refractivity (Wildman–Crippen MR) is 97.6 cm³/mol. The number of fused-ring (bicyclic) bond motifs is 1. The molecule has 144 valence electrons. The zero-order valence-electron chi connectivity index (χ0n) is 14.7. The van der Waals surface area contributed by atoms with Gasteiger partial charge in [0.2, 0.25) is 5.91 Å². The van der Waals surface area contributed by atoms with Crippen LogP contribution in [0, 0.1) is 5.92 Å². The van der Waals surface area contributed by atoms with E-state index in [1.165, 1.54) is 16.6 Å². The molecule has 1 amide bonds. The highest BCUT2D eigenvalue weighted by Crippen LogP contribution is 2.32. The number of carbonyl (C=O) groups is 1. The summed E-state index contributed by atoms with van der Waals surface area (Å²) in [6.45, 7) is 2.59. The summed E-state index contributed by atoms with van der Waals surface area (Å²) in [5.41, 5.74) is 0.885. The number of piperidine rings is 1. The lowest BCUT2D eigenvalue weighted by atomic mass is 9.94. The Balaban J connectivity index is 1.37. The first-order valence-corrected chi connectivity index (χ1v) is 9.92. The highest BCUT2D eigenvalue weighted by atomic mass is 32.1. The Labute approximate surface area is 159 Å². The fourth-order valence-electron chi connectivity index (χ4n) is 3.85. The van der Waals surface area contributed by atoms with Gasteiger partial charge in [-0.15, -0.1) is 11.3 Å². The van der Waals surface area contributed by atoms with E-state index in [9.17, 15) is 18.0 Å². The summed E-state index contributed by atoms with van der Waals surface area (Å²) < 4.78 is 38.6. The van der Waals surface area contributed by atoms with Gasteiger partial charge in [-0.05, 0) is 48.4 Å². The Kier molecular flexibility index (Phi) is 4.84. The third-order valence-electron chi connectivity index (χ3n) is 5.36. The Bertz CT molecular complexity index is 828. The maximum atomic E-state index is 12.9. The number of carbonyl (C=O) groups excluding carboxylic acids is 1. The summed E-state index contributed by atoms with van der Waals surface area (Å²) in [7, 11) is 0. The molecular formula is C19H20F3N3OS. The standard InChI is InChI=1S/C19H20F3N3OS/c20-19(21,22)17-11-15(1-6-23-17)24-7-2-13(3-8-24)18(26)25-9-4-16-14(12-25)5-10-27-16/h1,5-6,10-11,13H,2-4,7-9,12H2. The highest BCUT2D eigenvalue weighted by molar-refractivity contribution is 7.10. The van der Waals surface area contributed by atoms with E-state index in [0.29, 0.717) is 38.2 Å². The third kappa shape index (κ3) is 3.81. The van der Waals surface area contributed by atoms with Gasteiger partial charge >= 0.3 is 6.18 Å². The van der Waals surface area contributed by atoms with Crippen LogP contribution in [0.4, 0.5) is 18.9 Å². The second-order valence-electron chi connectivity index (χ2n) is 7.04. The first-order valence-electron chi connectivity index (χ1n) is 9.04. The van der Waals surface area contributed by atoms with Crippen molar-refractivity contribution in [2.24, 2.45) is 5.92 Å². The molecule has 0 unspecified atom stereocenters. The van der Waals surface area contributed by atoms with E-state index in [0.717, 1.165) is 19.0 Å². The maximum Gasteiger partial charge on any atom is 0.433 e. The average Bonchev–Trinajstić information content (AvgIpc) is 3.15. The molecule has 0 aromatic carbocycles. The Morgan fingerprint density at radius 2 is 1.96 bits per heavy atom. The molecule has 0 bridgehead atoms. The van der Waals surface area contributed by atoms with Gasteiger partial charge in [-0.25, -0.2) is 0 Å². The number of rotatable bonds is 2. The van der Waals surface area contributed by atoms with E-state index < -0.39 is 11.9 Å². The van der Waals surface area contributed by atoms with Crippen LogP contribution >= 0.6 is 11.3 Å². The second kappa shape index (κ2) is 7.14. The molecule has 4 heterocycles. The summed E-state index contributed by atoms with van der Waals surface area (Å²) in [5.74, 6) is 0.127. The molecule has 0 saturated carbocycles. The number of aromatic nitrogens is 1. The average molecular weight is 395 g/mol. The van der Waals surface area contributed by atoms with E-state index in [4.69, 9.17) is 0 Å². The summed E-state index contributed by atoms with van der Waals surface area (Å²) >= 11 is 1.75. The molecule has 4 rings (SSSR count). The maximum absolute atomic E-state index is 12.9. The van der Waals surface area contributed by atoms with Gasteiger partial charge in [-0.2, -0.15) is 13.2 Å². The molecule has 0 atom stereocenters. The van der Waals surface area contributed by atoms with Crippen molar-refractivity contribution in [1.29, 1.82) is 0 Å². The summed E-state index contributed by atoms with van der Waals surface area (Å²) in [4.78, 5) is 21.5. The first kappa shape index (κ1) is 18.3. The largest absolute Gasteiger partial charge is 0.433 e. The van der Waals surface area contributed by atoms with Crippen LogP contribution < -0.4 is 4.90 Å². The van der Waals surface area contributed by atoms with Crippen molar-refractivity contribution in [3.05, 3.63) is 45.9 Å². The van der Waals surface area contributed by atoms with Crippen molar-refractivity contribution in [3.8, 4) is 0 Å². The molecule has 2 aromatic rings. The topological polar surface area (TPSA) is 36.4 Å². The summed E-state index contributed by atoms with van der Waals surface area (Å²) in [6.07, 6.45) is -1.01. The Morgan fingerprint density at radius 3 is 2.70 bits per heavy atom. The molecule has 1 saturated heterocycles. The number of hydrogen-bond acceptors (Lipinski definition) is 4. The van der Waals surface area contributed by atoms with Crippen molar-refractivity contribution in [3.63, 3.8) is 0 Å². The van der Waals surface area contributed by atoms with Gasteiger partial charge in [0, 0.05) is 48.9 Å². The molecule has 2 aromatic heterocycles. The van der Waals surface area contributed by atoms with Crippen molar-refractivity contribution < 1.29 is 18.0 Å². The van der Waals surface area contributed by atoms with E-state index in [1.807, 2.05) is 9.80 Å². The summed E-state index contributed by atoms with van der Waals surface area (Å²) in [5, 5.41) is 2.07. The molecule has 1 fully saturated rings. The number of alkyl halides is 3. The normalized spacial score (nSPS) is 18.5. The number of anilines is 1. The van der Waals surface area contributed by atoms with Gasteiger partial charge in [0.25, 0.3) is 0 Å². The molecule has 8 heteroatoms. The minimum Gasteiger partial charge on any atom is -0.371 e. The molecule has 2 aliphatic rings. The SMILES string of the molecule is O=C(C1CCN(c2ccnc(C(F)(F)F)c2)CC1)N1CCc2sccc2C1. The van der Waals surface area contributed by atoms with Crippen LogP contribution in [0.1, 0.15) is 29.0 Å². The van der Waals surface area contributed by atoms with Gasteiger partial charge < -0.3 is 9.80 Å². The monoisotopic (exact) mass is 395 g/mol. The molecule has 0 aliphatic carbocycles. The first-order chi connectivity index (χ1) is 12.9. The predicted octanol–water partition coefficient (Wildman–Crippen LogP) is 3.96. The zero-order chi connectivity index (χ0) is 19.0. The Morgan fingerprint density at radius 1 is 1.19 bits per heavy atom. The number of thiophene rings is 1. The number of halogens is 3. The molecule has 27 heavy (non-hydrogen) atoms. The number of pyridine rings is 1. The van der Waals surface area contributed by atoms with Gasteiger partial charge in [0.1, 0.15) is 5.69 Å². The molecule has 2 aliphatic heterocycles. The number of nitrogens with zero attached hydrogens (tertiary/aromatic N) is 3. The van der Waals surface area contributed by atoms with Crippen molar-refractivity contribution >= 4 is 22.9 Å². The molecule has 0 N–H and O–H groups in total. The second-order valence-corrected chi connectivity index (χ2v) is 8.04. The molecule has 0 spiro atoms. The van der Waals surface area contributed by atoms with Crippen molar-refractivity contribution in [1.82, 2.24) is 9.88 Å². The fourth-order valence-corrected chi connectivity index (χ4v) is 4.74. The fraction of sp³-hybridized carbons (Fsp3) is 0.474. The van der Waals surface area contributed by atoms with E-state index in [2.05, 4.69) is 16.4 Å². The van der Waals surface area contributed by atoms with E-state index >= 15 is 0 Å². The van der Waals surface area contributed by atoms with Gasteiger partial charge in [-0.3, -0.25) is 9.78 Å². The van der Waals surface area contributed by atoms with E-state index in [1.54, 1.807) is 17.4 Å². The Hall–Kier alpha value is -2.09. The van der Waals surface area contributed by atoms with Crippen LogP contribution in [0.15, 0.2) is 29.8 Å². The molecular weight excluding hydrogens is 375 g/mol. The van der Waals surface area contributed by atoms with Crippen LogP contribution in [-0.4, -0.2) is 35.4 Å². The lowest BCUT2D eigenvalue weighted by Gasteiger charge is -2.36. The quantitative estimate of drug-likeness (QED) is 0.772. The summed E-state index contributed by atoms with van der Waals surface area (Å²) in [6, 6.07) is 4.77. The van der Waals surface area contributed by atoms with Crippen LogP contribution in [0.5, 0.6) is 0 Å². The lowest BCUT2D eigenvalue weighted by Crippen LogP contribution is -2.44. The van der Waals surface area contributed by atoms with Crippen LogP contribution in [-0.2, 0) is 23.9 Å². The zero-order valence-corrected chi connectivity index (χ0v) is 15.5. The smallest absolute Gasteiger partial charge is 0.371 e. The van der Waals surface area contributed by atoms with Gasteiger partial charge in [0.05, 0.1) is 0 Å². The number of amides is 1. The van der Waals surface area contributed by atoms with Crippen LogP contribution in [0.3, 0.4) is 0 Å². The van der Waals surface area contributed by atoms with E-state index in [-0.39, 0.29) is 11.8 Å². The number of hydrogen-bond donors (Lipinski definition) is 0. The van der Waals surface area contributed by atoms with Gasteiger partial charge in [0.15, 0.2) is 0 Å². The minimum atomic E-state index is -4.45. The minimum absolute atomic E-state index is 0.0506. The highest BCUT2D eigenvalue weighted by Gasteiger charge is 2.34. The molecule has 0 radical (unpaired) electrons. The van der Waals surface area contributed by atoms with Crippen molar-refractivity contribution in [2.45, 2.75) is 32.0 Å². The van der Waals surface area contributed by atoms with Crippen molar-refractivity contribution in [2.75, 3.05) is 24.5 Å².